The molecule has 0 bridgehead atoms. The van der Waals surface area contributed by atoms with Crippen molar-refractivity contribution in [3.63, 3.8) is 0 Å². The molecule has 6 heteroatoms. The van der Waals surface area contributed by atoms with Crippen molar-refractivity contribution in [2.75, 3.05) is 14.2 Å². The summed E-state index contributed by atoms with van der Waals surface area (Å²) in [6, 6.07) is 6.97. The van der Waals surface area contributed by atoms with Crippen LogP contribution in [0.5, 0.6) is 0 Å². The first-order chi connectivity index (χ1) is 9.15. The number of hydrogen-bond acceptors (Lipinski definition) is 4. The van der Waals surface area contributed by atoms with Crippen LogP contribution in [0.3, 0.4) is 0 Å². The van der Waals surface area contributed by atoms with Gasteiger partial charge in [-0.05, 0) is 24.3 Å². The van der Waals surface area contributed by atoms with Gasteiger partial charge < -0.3 is 9.47 Å². The van der Waals surface area contributed by atoms with E-state index in [-0.39, 0.29) is 0 Å². The Balaban J connectivity index is 2.40. The Hall–Kier alpha value is -1.20. The van der Waals surface area contributed by atoms with Crippen molar-refractivity contribution in [2.45, 2.75) is 6.29 Å². The van der Waals surface area contributed by atoms with Gasteiger partial charge in [-0.15, -0.1) is 0 Å². The summed E-state index contributed by atoms with van der Waals surface area (Å²) in [7, 11) is 3.10. The Morgan fingerprint density at radius 3 is 2.42 bits per heavy atom. The van der Waals surface area contributed by atoms with Crippen LogP contribution in [0.15, 0.2) is 30.5 Å². The second-order valence-corrected chi connectivity index (χ2v) is 4.55. The first kappa shape index (κ1) is 14.2. The molecule has 0 fully saturated rings. The lowest BCUT2D eigenvalue weighted by Gasteiger charge is -2.13. The summed E-state index contributed by atoms with van der Waals surface area (Å²) in [6.45, 7) is 0. The Labute approximate surface area is 121 Å². The van der Waals surface area contributed by atoms with Crippen molar-refractivity contribution in [1.82, 2.24) is 9.97 Å². The lowest BCUT2D eigenvalue weighted by molar-refractivity contribution is -0.108. The number of rotatable bonds is 4. The van der Waals surface area contributed by atoms with Crippen LogP contribution in [-0.4, -0.2) is 24.2 Å². The first-order valence-electron chi connectivity index (χ1n) is 5.49. The topological polar surface area (TPSA) is 44.2 Å². The lowest BCUT2D eigenvalue weighted by atomic mass is 10.2. The third kappa shape index (κ3) is 3.22. The number of benzene rings is 1. The van der Waals surface area contributed by atoms with Gasteiger partial charge >= 0.3 is 0 Å². The molecular weight excluding hydrogens is 287 g/mol. The summed E-state index contributed by atoms with van der Waals surface area (Å²) in [5, 5.41) is 0.955. The minimum Gasteiger partial charge on any atom is -0.350 e. The van der Waals surface area contributed by atoms with Gasteiger partial charge in [0, 0.05) is 26.0 Å². The van der Waals surface area contributed by atoms with Gasteiger partial charge in [0.2, 0.25) is 6.29 Å². The normalized spacial score (nSPS) is 11.0. The predicted molar refractivity (Wildman–Crippen MR) is 74.2 cm³/mol. The van der Waals surface area contributed by atoms with Crippen molar-refractivity contribution >= 4 is 23.2 Å². The van der Waals surface area contributed by atoms with Crippen LogP contribution >= 0.6 is 23.2 Å². The van der Waals surface area contributed by atoms with Gasteiger partial charge in [-0.2, -0.15) is 0 Å². The standard InChI is InChI=1S/C13H12Cl2N2O2/c1-18-13(19-2)11-5-6-16-12(17-11)8-3-4-9(14)10(15)7-8/h3-7,13H,1-2H3. The van der Waals surface area contributed by atoms with Crippen molar-refractivity contribution in [2.24, 2.45) is 0 Å². The van der Waals surface area contributed by atoms with Crippen LogP contribution in [0.25, 0.3) is 11.4 Å². The average molecular weight is 299 g/mol. The maximum Gasteiger partial charge on any atom is 0.200 e. The highest BCUT2D eigenvalue weighted by atomic mass is 35.5. The third-order valence-corrected chi connectivity index (χ3v) is 3.26. The summed E-state index contributed by atoms with van der Waals surface area (Å²) in [6.07, 6.45) is 1.12. The number of hydrogen-bond donors (Lipinski definition) is 0. The Morgan fingerprint density at radius 2 is 1.79 bits per heavy atom. The first-order valence-corrected chi connectivity index (χ1v) is 6.25. The quantitative estimate of drug-likeness (QED) is 0.807. The van der Waals surface area contributed by atoms with E-state index in [0.29, 0.717) is 21.6 Å². The fraction of sp³-hybridized carbons (Fsp3) is 0.231. The van der Waals surface area contributed by atoms with Crippen LogP contribution in [-0.2, 0) is 9.47 Å². The fourth-order valence-electron chi connectivity index (χ4n) is 1.62. The van der Waals surface area contributed by atoms with Crippen LogP contribution in [0, 0.1) is 0 Å². The van der Waals surface area contributed by atoms with E-state index in [9.17, 15) is 0 Å². The number of ether oxygens (including phenoxy) is 2. The monoisotopic (exact) mass is 298 g/mol. The zero-order valence-corrected chi connectivity index (χ0v) is 11.9. The molecule has 0 unspecified atom stereocenters. The van der Waals surface area contributed by atoms with Crippen molar-refractivity contribution < 1.29 is 9.47 Å². The van der Waals surface area contributed by atoms with Gasteiger partial charge in [-0.3, -0.25) is 0 Å². The fourth-order valence-corrected chi connectivity index (χ4v) is 1.91. The van der Waals surface area contributed by atoms with E-state index < -0.39 is 6.29 Å². The molecule has 19 heavy (non-hydrogen) atoms. The predicted octanol–water partition coefficient (Wildman–Crippen LogP) is 3.74. The highest BCUT2D eigenvalue weighted by molar-refractivity contribution is 6.42. The maximum absolute atomic E-state index is 5.98. The number of aromatic nitrogens is 2. The average Bonchev–Trinajstić information content (AvgIpc) is 2.44. The van der Waals surface area contributed by atoms with E-state index in [1.807, 2.05) is 6.07 Å². The van der Waals surface area contributed by atoms with Crippen molar-refractivity contribution in [1.29, 1.82) is 0 Å². The summed E-state index contributed by atoms with van der Waals surface area (Å²) in [5.74, 6) is 0.537. The van der Waals surface area contributed by atoms with Crippen molar-refractivity contribution in [3.05, 3.63) is 46.2 Å². The smallest absolute Gasteiger partial charge is 0.200 e. The largest absolute Gasteiger partial charge is 0.350 e. The lowest BCUT2D eigenvalue weighted by Crippen LogP contribution is -2.07. The summed E-state index contributed by atoms with van der Waals surface area (Å²) in [5.41, 5.74) is 1.42. The Morgan fingerprint density at radius 1 is 1.05 bits per heavy atom. The van der Waals surface area contributed by atoms with Gasteiger partial charge in [0.15, 0.2) is 5.82 Å². The highest BCUT2D eigenvalue weighted by Crippen LogP contribution is 2.27. The minimum atomic E-state index is -0.524. The molecule has 1 aromatic heterocycles. The van der Waals surface area contributed by atoms with E-state index in [0.717, 1.165) is 5.56 Å². The van der Waals surface area contributed by atoms with Gasteiger partial charge in [0.25, 0.3) is 0 Å². The van der Waals surface area contributed by atoms with Crippen LogP contribution < -0.4 is 0 Å². The minimum absolute atomic E-state index is 0.461. The SMILES string of the molecule is COC(OC)c1ccnc(-c2ccc(Cl)c(Cl)c2)n1. The maximum atomic E-state index is 5.98. The molecule has 0 radical (unpaired) electrons. The van der Waals surface area contributed by atoms with E-state index in [1.165, 1.54) is 0 Å². The molecule has 0 amide bonds. The second kappa shape index (κ2) is 6.30. The number of methoxy groups -OCH3 is 2. The third-order valence-electron chi connectivity index (χ3n) is 2.52. The molecule has 0 saturated heterocycles. The van der Waals surface area contributed by atoms with Gasteiger partial charge in [0.05, 0.1) is 10.0 Å². The Bertz CT molecular complexity index is 574. The molecule has 0 saturated carbocycles. The summed E-state index contributed by atoms with van der Waals surface area (Å²) in [4.78, 5) is 8.60. The van der Waals surface area contributed by atoms with Gasteiger partial charge in [0.1, 0.15) is 5.69 Å². The molecule has 4 nitrogen and oxygen atoms in total. The molecule has 1 heterocycles. The highest BCUT2D eigenvalue weighted by Gasteiger charge is 2.12. The number of halogens is 2. The molecule has 0 atom stereocenters. The molecular formula is C13H12Cl2N2O2. The summed E-state index contributed by atoms with van der Waals surface area (Å²) >= 11 is 11.9. The van der Waals surface area contributed by atoms with E-state index >= 15 is 0 Å². The van der Waals surface area contributed by atoms with Crippen molar-refractivity contribution in [3.8, 4) is 11.4 Å². The molecule has 0 aliphatic heterocycles. The molecule has 0 spiro atoms. The van der Waals surface area contributed by atoms with Crippen LogP contribution in [0.1, 0.15) is 12.0 Å². The van der Waals surface area contributed by atoms with Crippen LogP contribution in [0.2, 0.25) is 10.0 Å². The number of nitrogens with zero attached hydrogens (tertiary/aromatic N) is 2. The molecule has 0 aliphatic rings. The molecule has 2 rings (SSSR count). The second-order valence-electron chi connectivity index (χ2n) is 3.74. The zero-order chi connectivity index (χ0) is 13.8. The molecule has 0 N–H and O–H groups in total. The zero-order valence-electron chi connectivity index (χ0n) is 10.4. The van der Waals surface area contributed by atoms with Gasteiger partial charge in [-0.25, -0.2) is 9.97 Å². The Kier molecular flexibility index (Phi) is 4.71. The van der Waals surface area contributed by atoms with Crippen LogP contribution in [0.4, 0.5) is 0 Å². The van der Waals surface area contributed by atoms with E-state index in [4.69, 9.17) is 32.7 Å². The van der Waals surface area contributed by atoms with Gasteiger partial charge in [-0.1, -0.05) is 23.2 Å². The summed E-state index contributed by atoms with van der Waals surface area (Å²) < 4.78 is 10.3. The van der Waals surface area contributed by atoms with E-state index in [2.05, 4.69) is 9.97 Å². The molecule has 1 aromatic carbocycles. The van der Waals surface area contributed by atoms with E-state index in [1.54, 1.807) is 38.6 Å². The molecule has 100 valence electrons. The molecule has 0 aliphatic carbocycles. The molecule has 2 aromatic rings.